The molecule has 0 saturated carbocycles. The largest absolute Gasteiger partial charge is 0.368 e. The summed E-state index contributed by atoms with van der Waals surface area (Å²) in [6, 6.07) is 0. The second kappa shape index (κ2) is 4.51. The smallest absolute Gasteiger partial charge is 0.332 e. The number of nitrogens with two attached hydrogens (primary N) is 1. The Morgan fingerprint density at radius 3 is 2.69 bits per heavy atom. The third-order valence-electron chi connectivity index (χ3n) is 1.76. The van der Waals surface area contributed by atoms with E-state index in [4.69, 9.17) is 5.73 Å². The highest BCUT2D eigenvalue weighted by Gasteiger charge is 2.21. The van der Waals surface area contributed by atoms with Crippen molar-refractivity contribution in [2.24, 2.45) is 0 Å². The monoisotopic (exact) mass is 225 g/mol. The summed E-state index contributed by atoms with van der Waals surface area (Å²) in [7, 11) is 0. The van der Waals surface area contributed by atoms with Crippen LogP contribution in [0.1, 0.15) is 12.6 Å². The van der Waals surface area contributed by atoms with Crippen LogP contribution in [0.5, 0.6) is 0 Å². The molecular formula is C8H11N5O3. The predicted molar refractivity (Wildman–Crippen MR) is 57.0 cm³/mol. The van der Waals surface area contributed by atoms with E-state index in [1.807, 2.05) is 0 Å². The lowest BCUT2D eigenvalue weighted by atomic mass is 10.3. The molecule has 0 fully saturated rings. The molecule has 1 aromatic heterocycles. The molecule has 1 aromatic rings. The average molecular weight is 225 g/mol. The number of anilines is 2. The minimum absolute atomic E-state index is 0.0369. The highest BCUT2D eigenvalue weighted by molar-refractivity contribution is 5.81. The number of carbonyl (C=O) groups excluding carboxylic acids is 1. The number of hydrogen-bond donors (Lipinski definition) is 2. The van der Waals surface area contributed by atoms with E-state index in [9.17, 15) is 14.9 Å². The van der Waals surface area contributed by atoms with Crippen LogP contribution >= 0.6 is 0 Å². The average Bonchev–Trinajstić information content (AvgIpc) is 2.12. The minimum atomic E-state index is -0.614. The van der Waals surface area contributed by atoms with Gasteiger partial charge in [0.05, 0.1) is 11.5 Å². The lowest BCUT2D eigenvalue weighted by molar-refractivity contribution is -0.385. The molecule has 8 nitrogen and oxygen atoms in total. The Kier molecular flexibility index (Phi) is 3.33. The zero-order chi connectivity index (χ0) is 12.3. The lowest BCUT2D eigenvalue weighted by Crippen LogP contribution is -2.14. The first kappa shape index (κ1) is 11.8. The molecule has 86 valence electrons. The summed E-state index contributed by atoms with van der Waals surface area (Å²) >= 11 is 0. The Labute approximate surface area is 91.0 Å². The van der Waals surface area contributed by atoms with Crippen molar-refractivity contribution in [1.29, 1.82) is 0 Å². The topological polar surface area (TPSA) is 124 Å². The van der Waals surface area contributed by atoms with Crippen molar-refractivity contribution in [3.8, 4) is 0 Å². The number of nitrogen functional groups attached to an aromatic ring is 1. The maximum atomic E-state index is 10.8. The summed E-state index contributed by atoms with van der Waals surface area (Å²) in [4.78, 5) is 28.3. The van der Waals surface area contributed by atoms with Gasteiger partial charge in [0.25, 0.3) is 0 Å². The van der Waals surface area contributed by atoms with Crippen molar-refractivity contribution in [3.63, 3.8) is 0 Å². The molecular weight excluding hydrogens is 214 g/mol. The van der Waals surface area contributed by atoms with Gasteiger partial charge in [0.1, 0.15) is 11.5 Å². The van der Waals surface area contributed by atoms with E-state index in [2.05, 4.69) is 15.3 Å². The molecule has 0 aliphatic heterocycles. The molecule has 1 rings (SSSR count). The highest BCUT2D eigenvalue weighted by atomic mass is 16.6. The fourth-order valence-corrected chi connectivity index (χ4v) is 1.14. The highest BCUT2D eigenvalue weighted by Crippen LogP contribution is 2.25. The van der Waals surface area contributed by atoms with E-state index >= 15 is 0 Å². The maximum absolute atomic E-state index is 10.8. The zero-order valence-corrected chi connectivity index (χ0v) is 8.85. The molecule has 1 heterocycles. The van der Waals surface area contributed by atoms with Gasteiger partial charge < -0.3 is 11.1 Å². The van der Waals surface area contributed by atoms with E-state index in [0.717, 1.165) is 0 Å². The standard InChI is InChI=1S/C8H11N5O3/c1-4(14)3-10-7-6(13(15)16)5(2)11-8(9)12-7/h3H2,1-2H3,(H3,9,10,11,12). The number of Topliss-reactive ketones (excluding diaryl/α,β-unsaturated/α-hetero) is 1. The number of ketones is 1. The summed E-state index contributed by atoms with van der Waals surface area (Å²) < 4.78 is 0. The number of rotatable bonds is 4. The van der Waals surface area contributed by atoms with Crippen LogP contribution in [0.25, 0.3) is 0 Å². The van der Waals surface area contributed by atoms with Gasteiger partial charge in [0, 0.05) is 0 Å². The van der Waals surface area contributed by atoms with Gasteiger partial charge in [-0.25, -0.2) is 4.98 Å². The molecule has 8 heteroatoms. The molecule has 0 bridgehead atoms. The first-order valence-corrected chi connectivity index (χ1v) is 4.43. The number of nitrogens with one attached hydrogen (secondary N) is 1. The van der Waals surface area contributed by atoms with E-state index in [0.29, 0.717) is 0 Å². The molecule has 0 spiro atoms. The Morgan fingerprint density at radius 2 is 2.19 bits per heavy atom. The van der Waals surface area contributed by atoms with Crippen LogP contribution in [0.3, 0.4) is 0 Å². The van der Waals surface area contributed by atoms with E-state index < -0.39 is 4.92 Å². The first-order valence-electron chi connectivity index (χ1n) is 4.43. The lowest BCUT2D eigenvalue weighted by Gasteiger charge is -2.06. The van der Waals surface area contributed by atoms with Crippen LogP contribution in [0.4, 0.5) is 17.5 Å². The van der Waals surface area contributed by atoms with Crippen LogP contribution < -0.4 is 11.1 Å². The van der Waals surface area contributed by atoms with Gasteiger partial charge in [-0.2, -0.15) is 4.98 Å². The summed E-state index contributed by atoms with van der Waals surface area (Å²) in [6.07, 6.45) is 0. The number of aryl methyl sites for hydroxylation is 1. The molecule has 16 heavy (non-hydrogen) atoms. The SMILES string of the molecule is CC(=O)CNc1nc(N)nc(C)c1[N+](=O)[O-]. The van der Waals surface area contributed by atoms with E-state index in [1.54, 1.807) is 0 Å². The Bertz CT molecular complexity index is 446. The fourth-order valence-electron chi connectivity index (χ4n) is 1.14. The summed E-state index contributed by atoms with van der Waals surface area (Å²) in [5.74, 6) is -0.275. The fraction of sp³-hybridized carbons (Fsp3) is 0.375. The second-order valence-electron chi connectivity index (χ2n) is 3.18. The summed E-state index contributed by atoms with van der Waals surface area (Å²) in [5.41, 5.74) is 5.25. The molecule has 0 radical (unpaired) electrons. The summed E-state index contributed by atoms with van der Waals surface area (Å²) in [6.45, 7) is 2.77. The zero-order valence-electron chi connectivity index (χ0n) is 8.85. The number of nitrogens with zero attached hydrogens (tertiary/aromatic N) is 3. The van der Waals surface area contributed by atoms with Crippen molar-refractivity contribution in [2.75, 3.05) is 17.6 Å². The number of hydrogen-bond acceptors (Lipinski definition) is 7. The van der Waals surface area contributed by atoms with Crippen molar-refractivity contribution < 1.29 is 9.72 Å². The van der Waals surface area contributed by atoms with Gasteiger partial charge >= 0.3 is 5.69 Å². The van der Waals surface area contributed by atoms with Crippen molar-refractivity contribution >= 4 is 23.2 Å². The molecule has 0 aliphatic rings. The third kappa shape index (κ3) is 2.62. The van der Waals surface area contributed by atoms with Gasteiger partial charge in [-0.1, -0.05) is 0 Å². The molecule has 0 saturated heterocycles. The van der Waals surface area contributed by atoms with Gasteiger partial charge in [0.2, 0.25) is 11.8 Å². The summed E-state index contributed by atoms with van der Waals surface area (Å²) in [5, 5.41) is 13.3. The van der Waals surface area contributed by atoms with Crippen molar-refractivity contribution in [3.05, 3.63) is 15.8 Å². The van der Waals surface area contributed by atoms with Crippen LogP contribution in [0.2, 0.25) is 0 Å². The third-order valence-corrected chi connectivity index (χ3v) is 1.76. The van der Waals surface area contributed by atoms with Crippen molar-refractivity contribution in [2.45, 2.75) is 13.8 Å². The number of carbonyl (C=O) groups is 1. The molecule has 0 aromatic carbocycles. The first-order chi connectivity index (χ1) is 7.41. The van der Waals surface area contributed by atoms with Crippen LogP contribution in [0.15, 0.2) is 0 Å². The molecule has 0 unspecified atom stereocenters. The second-order valence-corrected chi connectivity index (χ2v) is 3.18. The molecule has 3 N–H and O–H groups in total. The van der Waals surface area contributed by atoms with Crippen LogP contribution in [-0.4, -0.2) is 27.2 Å². The molecule has 0 aliphatic carbocycles. The Morgan fingerprint density at radius 1 is 1.56 bits per heavy atom. The number of aromatic nitrogens is 2. The molecule has 0 amide bonds. The van der Waals surface area contributed by atoms with Gasteiger partial charge in [-0.05, 0) is 13.8 Å². The van der Waals surface area contributed by atoms with Gasteiger partial charge in [0.15, 0.2) is 0 Å². The normalized spacial score (nSPS) is 9.88. The van der Waals surface area contributed by atoms with Crippen molar-refractivity contribution in [1.82, 2.24) is 9.97 Å². The van der Waals surface area contributed by atoms with Crippen LogP contribution in [0, 0.1) is 17.0 Å². The van der Waals surface area contributed by atoms with Crippen LogP contribution in [-0.2, 0) is 4.79 Å². The quantitative estimate of drug-likeness (QED) is 0.556. The Balaban J connectivity index is 3.13. The van der Waals surface area contributed by atoms with Gasteiger partial charge in [-0.3, -0.25) is 14.9 Å². The minimum Gasteiger partial charge on any atom is -0.368 e. The number of nitro groups is 1. The maximum Gasteiger partial charge on any atom is 0.332 e. The van der Waals surface area contributed by atoms with E-state index in [1.165, 1.54) is 13.8 Å². The van der Waals surface area contributed by atoms with Gasteiger partial charge in [-0.15, -0.1) is 0 Å². The predicted octanol–water partition coefficient (Wildman–Crippen LogP) is 0.276. The molecule has 0 atom stereocenters. The Hall–Kier alpha value is -2.25. The van der Waals surface area contributed by atoms with E-state index in [-0.39, 0.29) is 35.5 Å².